The third-order valence-corrected chi connectivity index (χ3v) is 3.60. The van der Waals surface area contributed by atoms with Crippen LogP contribution in [0.3, 0.4) is 0 Å². The summed E-state index contributed by atoms with van der Waals surface area (Å²) >= 11 is 1.68. The Bertz CT molecular complexity index is 684. The second-order valence-corrected chi connectivity index (χ2v) is 5.08. The van der Waals surface area contributed by atoms with Crippen LogP contribution in [0.2, 0.25) is 0 Å². The predicted octanol–water partition coefficient (Wildman–Crippen LogP) is 3.59. The van der Waals surface area contributed by atoms with Gasteiger partial charge in [-0.25, -0.2) is 4.98 Å². The first-order valence-electron chi connectivity index (χ1n) is 5.93. The van der Waals surface area contributed by atoms with Gasteiger partial charge in [0.2, 0.25) is 0 Å². The van der Waals surface area contributed by atoms with Crippen molar-refractivity contribution in [2.45, 2.75) is 19.8 Å². The number of aryl methyl sites for hydroxylation is 1. The van der Waals surface area contributed by atoms with Gasteiger partial charge in [-0.2, -0.15) is 10.5 Å². The Kier molecular flexibility index (Phi) is 4.12. The minimum Gasteiger partial charge on any atom is -0.360 e. The molecule has 0 spiro atoms. The quantitative estimate of drug-likeness (QED) is 0.860. The number of thiazole rings is 1. The number of hydrogen-bond acceptors (Lipinski definition) is 5. The predicted molar refractivity (Wildman–Crippen MR) is 76.5 cm³/mol. The van der Waals surface area contributed by atoms with Gasteiger partial charge >= 0.3 is 0 Å². The molecule has 0 aliphatic rings. The number of rotatable bonds is 4. The fourth-order valence-corrected chi connectivity index (χ4v) is 2.74. The maximum absolute atomic E-state index is 8.65. The van der Waals surface area contributed by atoms with Gasteiger partial charge in [-0.3, -0.25) is 0 Å². The summed E-state index contributed by atoms with van der Waals surface area (Å²) < 4.78 is 1.11. The first-order valence-corrected chi connectivity index (χ1v) is 6.75. The molecule has 1 aromatic heterocycles. The van der Waals surface area contributed by atoms with Crippen LogP contribution in [0.5, 0.6) is 0 Å². The van der Waals surface area contributed by atoms with Crippen molar-refractivity contribution < 1.29 is 0 Å². The maximum atomic E-state index is 8.65. The van der Waals surface area contributed by atoms with Crippen LogP contribution < -0.4 is 5.32 Å². The fraction of sp³-hybridized carbons (Fsp3) is 0.214. The molecular weight excluding hydrogens is 256 g/mol. The molecule has 0 bridgehead atoms. The van der Waals surface area contributed by atoms with Gasteiger partial charge < -0.3 is 5.32 Å². The zero-order chi connectivity index (χ0) is 13.7. The fourth-order valence-electron chi connectivity index (χ4n) is 1.63. The maximum Gasteiger partial charge on any atom is 0.145 e. The zero-order valence-corrected chi connectivity index (χ0v) is 11.3. The highest BCUT2D eigenvalue weighted by Crippen LogP contribution is 2.26. The molecule has 1 N–H and O–H groups in total. The summed E-state index contributed by atoms with van der Waals surface area (Å²) in [5.41, 5.74) is 1.89. The highest BCUT2D eigenvalue weighted by Gasteiger charge is 2.03. The number of anilines is 1. The molecule has 0 amide bonds. The molecule has 0 saturated carbocycles. The molecular formula is C14H12N4S. The van der Waals surface area contributed by atoms with E-state index in [4.69, 9.17) is 10.5 Å². The molecule has 1 aromatic carbocycles. The van der Waals surface area contributed by atoms with E-state index in [1.807, 2.05) is 30.3 Å². The van der Waals surface area contributed by atoms with Crippen LogP contribution in [0.4, 0.5) is 5.69 Å². The molecule has 0 unspecified atom stereocenters. The van der Waals surface area contributed by atoms with Gasteiger partial charge in [0.15, 0.2) is 0 Å². The number of nitriles is 2. The minimum atomic E-state index is 0.0519. The number of nitrogens with one attached hydrogen (secondary N) is 1. The lowest BCUT2D eigenvalue weighted by Crippen LogP contribution is -1.89. The van der Waals surface area contributed by atoms with Crippen LogP contribution in [0.1, 0.15) is 18.4 Å². The normalized spacial score (nSPS) is 9.63. The van der Waals surface area contributed by atoms with Crippen molar-refractivity contribution in [2.24, 2.45) is 0 Å². The van der Waals surface area contributed by atoms with Crippen molar-refractivity contribution in [1.82, 2.24) is 4.98 Å². The lowest BCUT2D eigenvalue weighted by molar-refractivity contribution is 0.913. The van der Waals surface area contributed by atoms with Crippen molar-refractivity contribution in [3.8, 4) is 12.1 Å². The Morgan fingerprint density at radius 2 is 2.21 bits per heavy atom. The van der Waals surface area contributed by atoms with Crippen molar-refractivity contribution >= 4 is 27.2 Å². The molecule has 19 heavy (non-hydrogen) atoms. The van der Waals surface area contributed by atoms with Gasteiger partial charge in [-0.15, -0.1) is 11.3 Å². The van der Waals surface area contributed by atoms with Crippen LogP contribution in [0, 0.1) is 22.7 Å². The number of nitrogens with zero attached hydrogens (tertiary/aromatic N) is 3. The summed E-state index contributed by atoms with van der Waals surface area (Å²) in [4.78, 5) is 4.54. The van der Waals surface area contributed by atoms with Crippen molar-refractivity contribution in [2.75, 3.05) is 5.32 Å². The van der Waals surface area contributed by atoms with Gasteiger partial charge in [0, 0.05) is 11.9 Å². The van der Waals surface area contributed by atoms with E-state index in [0.717, 1.165) is 33.8 Å². The molecule has 4 nitrogen and oxygen atoms in total. The Morgan fingerprint density at radius 1 is 1.42 bits per heavy atom. The summed E-state index contributed by atoms with van der Waals surface area (Å²) in [6.45, 7) is 2.13. The average molecular weight is 268 g/mol. The third-order valence-electron chi connectivity index (χ3n) is 2.52. The van der Waals surface area contributed by atoms with Gasteiger partial charge in [-0.05, 0) is 31.0 Å². The second-order valence-electron chi connectivity index (χ2n) is 3.97. The number of fused-ring (bicyclic) bond motifs is 1. The molecule has 5 heteroatoms. The third kappa shape index (κ3) is 3.09. The number of benzene rings is 1. The first kappa shape index (κ1) is 13.1. The molecule has 0 aliphatic carbocycles. The summed E-state index contributed by atoms with van der Waals surface area (Å²) in [6.07, 6.45) is 3.49. The van der Waals surface area contributed by atoms with Gasteiger partial charge in [0.1, 0.15) is 17.7 Å². The van der Waals surface area contributed by atoms with E-state index in [1.54, 1.807) is 11.3 Å². The molecule has 0 atom stereocenters. The van der Waals surface area contributed by atoms with Crippen LogP contribution in [0.25, 0.3) is 10.2 Å². The molecule has 0 radical (unpaired) electrons. The van der Waals surface area contributed by atoms with Gasteiger partial charge in [0.25, 0.3) is 0 Å². The van der Waals surface area contributed by atoms with Gasteiger partial charge in [-0.1, -0.05) is 6.92 Å². The minimum absolute atomic E-state index is 0.0519. The Hall–Kier alpha value is -2.37. The van der Waals surface area contributed by atoms with Crippen molar-refractivity contribution in [3.05, 3.63) is 35.0 Å². The molecule has 2 rings (SSSR count). The summed E-state index contributed by atoms with van der Waals surface area (Å²) in [5.74, 6) is 0. The average Bonchev–Trinajstić information content (AvgIpc) is 2.82. The summed E-state index contributed by atoms with van der Waals surface area (Å²) in [6, 6.07) is 9.43. The standard InChI is InChI=1S/C14H12N4S/c1-2-3-14-18-12-5-4-11(6-13(12)19-14)17-9-10(7-15)8-16/h4-6,9,17H,2-3H2,1H3. The van der Waals surface area contributed by atoms with Crippen LogP contribution >= 0.6 is 11.3 Å². The molecule has 0 aliphatic heterocycles. The van der Waals surface area contributed by atoms with Gasteiger partial charge in [0.05, 0.1) is 15.2 Å². The molecule has 0 saturated heterocycles. The molecule has 94 valence electrons. The van der Waals surface area contributed by atoms with E-state index < -0.39 is 0 Å². The highest BCUT2D eigenvalue weighted by atomic mass is 32.1. The van der Waals surface area contributed by atoms with Crippen molar-refractivity contribution in [3.63, 3.8) is 0 Å². The van der Waals surface area contributed by atoms with Crippen LogP contribution in [-0.4, -0.2) is 4.98 Å². The number of aromatic nitrogens is 1. The summed E-state index contributed by atoms with van der Waals surface area (Å²) in [7, 11) is 0. The topological polar surface area (TPSA) is 72.5 Å². The smallest absolute Gasteiger partial charge is 0.145 e. The monoisotopic (exact) mass is 268 g/mol. The highest BCUT2D eigenvalue weighted by molar-refractivity contribution is 7.18. The molecule has 2 aromatic rings. The van der Waals surface area contributed by atoms with E-state index >= 15 is 0 Å². The number of allylic oxidation sites excluding steroid dienone is 1. The van der Waals surface area contributed by atoms with E-state index in [-0.39, 0.29) is 5.57 Å². The van der Waals surface area contributed by atoms with Crippen molar-refractivity contribution in [1.29, 1.82) is 10.5 Å². The number of hydrogen-bond donors (Lipinski definition) is 1. The SMILES string of the molecule is CCCc1nc2ccc(NC=C(C#N)C#N)cc2s1. The molecule has 0 fully saturated rings. The Balaban J connectivity index is 2.25. The van der Waals surface area contributed by atoms with E-state index in [2.05, 4.69) is 17.2 Å². The molecule has 1 heterocycles. The lowest BCUT2D eigenvalue weighted by atomic mass is 10.3. The Morgan fingerprint density at radius 3 is 2.89 bits per heavy atom. The first-order chi connectivity index (χ1) is 9.26. The van der Waals surface area contributed by atoms with E-state index in [0.29, 0.717) is 0 Å². The van der Waals surface area contributed by atoms with Crippen LogP contribution in [-0.2, 0) is 6.42 Å². The second kappa shape index (κ2) is 5.99. The van der Waals surface area contributed by atoms with Crippen LogP contribution in [0.15, 0.2) is 30.0 Å². The van der Waals surface area contributed by atoms with E-state index in [1.165, 1.54) is 6.20 Å². The largest absolute Gasteiger partial charge is 0.360 e. The van der Waals surface area contributed by atoms with E-state index in [9.17, 15) is 0 Å². The Labute approximate surface area is 115 Å². The lowest BCUT2D eigenvalue weighted by Gasteiger charge is -1.99. The summed E-state index contributed by atoms with van der Waals surface area (Å²) in [5, 5.41) is 21.4. The zero-order valence-electron chi connectivity index (χ0n) is 10.5.